The average molecular weight is 239 g/mol. The summed E-state index contributed by atoms with van der Waals surface area (Å²) >= 11 is 0.315. The molecule has 1 aromatic heterocycles. The van der Waals surface area contributed by atoms with Crippen LogP contribution >= 0.6 is 11.3 Å². The Morgan fingerprint density at radius 3 is 2.60 bits per heavy atom. The average Bonchev–Trinajstić information content (AvgIpc) is 2.52. The van der Waals surface area contributed by atoms with Crippen LogP contribution < -0.4 is 5.32 Å². The summed E-state index contributed by atoms with van der Waals surface area (Å²) in [7, 11) is 0. The summed E-state index contributed by atoms with van der Waals surface area (Å²) in [5.74, 6) is -0.359. The number of aromatic nitrogens is 2. The number of rotatable bonds is 3. The van der Waals surface area contributed by atoms with Crippen molar-refractivity contribution in [2.45, 2.75) is 25.9 Å². The highest BCUT2D eigenvalue weighted by Gasteiger charge is 2.35. The van der Waals surface area contributed by atoms with Crippen LogP contribution in [-0.2, 0) is 11.0 Å². The summed E-state index contributed by atoms with van der Waals surface area (Å²) in [5, 5.41) is 7.21. The smallest absolute Gasteiger partial charge is 0.301 e. The number of nitrogens with one attached hydrogen (secondary N) is 1. The molecular weight excluding hydrogens is 231 g/mol. The van der Waals surface area contributed by atoms with E-state index in [4.69, 9.17) is 0 Å². The number of anilines is 1. The second kappa shape index (κ2) is 4.56. The molecule has 1 aromatic rings. The lowest BCUT2D eigenvalue weighted by atomic mass is 10.3. The third-order valence-electron chi connectivity index (χ3n) is 1.39. The van der Waals surface area contributed by atoms with Crippen molar-refractivity contribution in [3.63, 3.8) is 0 Å². The maximum atomic E-state index is 12.1. The number of alkyl halides is 3. The van der Waals surface area contributed by atoms with Gasteiger partial charge in [-0.15, -0.1) is 10.2 Å². The van der Waals surface area contributed by atoms with Gasteiger partial charge in [0.2, 0.25) is 16.0 Å². The Hall–Kier alpha value is -1.18. The molecule has 1 rings (SSSR count). The van der Waals surface area contributed by atoms with E-state index < -0.39 is 11.2 Å². The molecule has 4 nitrogen and oxygen atoms in total. The zero-order valence-corrected chi connectivity index (χ0v) is 8.58. The predicted octanol–water partition coefficient (Wildman–Crippen LogP) is 2.30. The monoisotopic (exact) mass is 239 g/mol. The molecule has 0 saturated carbocycles. The summed E-state index contributed by atoms with van der Waals surface area (Å²) in [4.78, 5) is 11.0. The van der Waals surface area contributed by atoms with Crippen LogP contribution in [0.2, 0.25) is 0 Å². The van der Waals surface area contributed by atoms with Crippen molar-refractivity contribution < 1.29 is 18.0 Å². The Kier molecular flexibility index (Phi) is 3.61. The van der Waals surface area contributed by atoms with E-state index in [0.29, 0.717) is 17.8 Å². The molecule has 0 aromatic carbocycles. The maximum Gasteiger partial charge on any atom is 0.445 e. The second-order valence-electron chi connectivity index (χ2n) is 2.71. The van der Waals surface area contributed by atoms with Gasteiger partial charge < -0.3 is 5.32 Å². The molecule has 0 unspecified atom stereocenters. The van der Waals surface area contributed by atoms with Gasteiger partial charge in [0.15, 0.2) is 0 Å². The highest BCUT2D eigenvalue weighted by atomic mass is 32.1. The van der Waals surface area contributed by atoms with E-state index in [1.807, 2.05) is 0 Å². The number of amides is 1. The van der Waals surface area contributed by atoms with Crippen molar-refractivity contribution in [2.24, 2.45) is 0 Å². The summed E-state index contributed by atoms with van der Waals surface area (Å²) in [6.07, 6.45) is -3.64. The quantitative estimate of drug-likeness (QED) is 0.880. The summed E-state index contributed by atoms with van der Waals surface area (Å²) in [6.45, 7) is 1.79. The minimum atomic E-state index is -4.51. The van der Waals surface area contributed by atoms with Gasteiger partial charge in [-0.05, 0) is 6.42 Å². The van der Waals surface area contributed by atoms with Crippen LogP contribution in [0.25, 0.3) is 0 Å². The van der Waals surface area contributed by atoms with Crippen molar-refractivity contribution in [3.8, 4) is 0 Å². The Bertz CT molecular complexity index is 349. The molecule has 0 aliphatic carbocycles. The number of carbonyl (C=O) groups excluding carboxylic acids is 1. The van der Waals surface area contributed by atoms with Gasteiger partial charge in [0.05, 0.1) is 0 Å². The van der Waals surface area contributed by atoms with E-state index in [1.165, 1.54) is 0 Å². The molecule has 0 spiro atoms. The molecule has 1 amide bonds. The summed E-state index contributed by atoms with van der Waals surface area (Å²) in [5.41, 5.74) is 0. The van der Waals surface area contributed by atoms with Crippen LogP contribution in [0.15, 0.2) is 0 Å². The van der Waals surface area contributed by atoms with Crippen LogP contribution in [0.1, 0.15) is 24.8 Å². The SMILES string of the molecule is CCCC(=O)Nc1nnc(C(F)(F)F)s1. The summed E-state index contributed by atoms with van der Waals surface area (Å²) in [6, 6.07) is 0. The molecule has 0 aliphatic rings. The Morgan fingerprint density at radius 2 is 2.13 bits per heavy atom. The van der Waals surface area contributed by atoms with Crippen molar-refractivity contribution in [1.82, 2.24) is 10.2 Å². The van der Waals surface area contributed by atoms with Crippen LogP contribution in [-0.4, -0.2) is 16.1 Å². The van der Waals surface area contributed by atoms with Crippen molar-refractivity contribution in [1.29, 1.82) is 0 Å². The van der Waals surface area contributed by atoms with Gasteiger partial charge in [-0.1, -0.05) is 18.3 Å². The van der Waals surface area contributed by atoms with Crippen molar-refractivity contribution >= 4 is 22.4 Å². The molecule has 8 heteroatoms. The van der Waals surface area contributed by atoms with E-state index in [2.05, 4.69) is 15.5 Å². The number of halogens is 3. The normalized spacial score (nSPS) is 11.5. The molecule has 0 aliphatic heterocycles. The first-order valence-corrected chi connectivity index (χ1v) is 4.95. The predicted molar refractivity (Wildman–Crippen MR) is 48.4 cm³/mol. The van der Waals surface area contributed by atoms with Gasteiger partial charge in [0, 0.05) is 6.42 Å². The minimum absolute atomic E-state index is 0.124. The minimum Gasteiger partial charge on any atom is -0.301 e. The zero-order valence-electron chi connectivity index (χ0n) is 7.76. The molecule has 1 N–H and O–H groups in total. The van der Waals surface area contributed by atoms with Crippen LogP contribution in [0.5, 0.6) is 0 Å². The van der Waals surface area contributed by atoms with Crippen LogP contribution in [0.3, 0.4) is 0 Å². The first kappa shape index (κ1) is 11.9. The lowest BCUT2D eigenvalue weighted by Gasteiger charge is -1.98. The maximum absolute atomic E-state index is 12.1. The highest BCUT2D eigenvalue weighted by molar-refractivity contribution is 7.15. The fourth-order valence-corrected chi connectivity index (χ4v) is 1.42. The number of carbonyl (C=O) groups is 1. The molecular formula is C7H8F3N3OS. The van der Waals surface area contributed by atoms with E-state index in [9.17, 15) is 18.0 Å². The molecule has 0 bridgehead atoms. The first-order chi connectivity index (χ1) is 6.93. The standard InChI is InChI=1S/C7H8F3N3OS/c1-2-3-4(14)11-6-13-12-5(15-6)7(8,9)10/h2-3H2,1H3,(H,11,13,14). The fourth-order valence-electron chi connectivity index (χ4n) is 0.797. The zero-order chi connectivity index (χ0) is 11.5. The van der Waals surface area contributed by atoms with E-state index in [0.717, 1.165) is 0 Å². The van der Waals surface area contributed by atoms with Gasteiger partial charge in [0.25, 0.3) is 0 Å². The molecule has 84 valence electrons. The lowest BCUT2D eigenvalue weighted by Crippen LogP contribution is -2.10. The van der Waals surface area contributed by atoms with Crippen molar-refractivity contribution in [2.75, 3.05) is 5.32 Å². The van der Waals surface area contributed by atoms with Crippen LogP contribution in [0.4, 0.5) is 18.3 Å². The number of hydrogen-bond acceptors (Lipinski definition) is 4. The molecule has 0 radical (unpaired) electrons. The van der Waals surface area contributed by atoms with E-state index in [-0.39, 0.29) is 17.5 Å². The van der Waals surface area contributed by atoms with E-state index in [1.54, 1.807) is 6.92 Å². The Balaban J connectivity index is 2.65. The van der Waals surface area contributed by atoms with Gasteiger partial charge in [-0.25, -0.2) is 0 Å². The Labute approximate surface area is 87.5 Å². The molecule has 0 atom stereocenters. The Morgan fingerprint density at radius 1 is 1.47 bits per heavy atom. The molecule has 0 fully saturated rings. The van der Waals surface area contributed by atoms with Gasteiger partial charge in [-0.3, -0.25) is 4.79 Å². The highest BCUT2D eigenvalue weighted by Crippen LogP contribution is 2.32. The lowest BCUT2D eigenvalue weighted by molar-refractivity contribution is -0.138. The molecule has 1 heterocycles. The van der Waals surface area contributed by atoms with Crippen LogP contribution in [0, 0.1) is 0 Å². The number of hydrogen-bond donors (Lipinski definition) is 1. The van der Waals surface area contributed by atoms with Crippen molar-refractivity contribution in [3.05, 3.63) is 5.01 Å². The largest absolute Gasteiger partial charge is 0.445 e. The molecule has 15 heavy (non-hydrogen) atoms. The third-order valence-corrected chi connectivity index (χ3v) is 2.27. The summed E-state index contributed by atoms with van der Waals surface area (Å²) < 4.78 is 36.2. The topological polar surface area (TPSA) is 54.9 Å². The van der Waals surface area contributed by atoms with Gasteiger partial charge in [0.1, 0.15) is 0 Å². The van der Waals surface area contributed by atoms with E-state index >= 15 is 0 Å². The fraction of sp³-hybridized carbons (Fsp3) is 0.571. The second-order valence-corrected chi connectivity index (χ2v) is 3.69. The van der Waals surface area contributed by atoms with Gasteiger partial charge >= 0.3 is 6.18 Å². The number of nitrogens with zero attached hydrogens (tertiary/aromatic N) is 2. The molecule has 0 saturated heterocycles. The van der Waals surface area contributed by atoms with Gasteiger partial charge in [-0.2, -0.15) is 13.2 Å². The first-order valence-electron chi connectivity index (χ1n) is 4.14. The third kappa shape index (κ3) is 3.46.